The molecule has 0 saturated heterocycles. The summed E-state index contributed by atoms with van der Waals surface area (Å²) in [5.41, 5.74) is -2.43. The minimum atomic E-state index is -4.79. The third-order valence-electron chi connectivity index (χ3n) is 7.85. The van der Waals surface area contributed by atoms with Crippen molar-refractivity contribution in [2.75, 3.05) is 21.1 Å². The molecule has 0 fully saturated rings. The summed E-state index contributed by atoms with van der Waals surface area (Å²) < 4.78 is 68.6. The fourth-order valence-electron chi connectivity index (χ4n) is 5.41. The molecule has 1 aromatic carbocycles. The lowest BCUT2D eigenvalue weighted by atomic mass is 10.0. The minimum Gasteiger partial charge on any atom is -0.306 e. The molecular formula is C32H41ClF3N7O3S. The number of aromatic nitrogens is 2. The van der Waals surface area contributed by atoms with Crippen LogP contribution in [0.1, 0.15) is 108 Å². The van der Waals surface area contributed by atoms with Gasteiger partial charge in [-0.15, -0.1) is 0 Å². The molecular weight excluding hydrogens is 655 g/mol. The molecule has 0 aliphatic carbocycles. The molecule has 2 heterocycles. The number of carbonyl (C=O) groups is 1. The number of unbranched alkanes of at least 4 members (excludes halogenated alkanes) is 13. The highest BCUT2D eigenvalue weighted by molar-refractivity contribution is 7.92. The fraction of sp³-hybridized carbons (Fsp3) is 0.562. The Morgan fingerprint density at radius 1 is 0.936 bits per heavy atom. The molecule has 2 aromatic rings. The fourth-order valence-corrected chi connectivity index (χ4v) is 6.75. The molecule has 2 amide bonds. The number of alkyl halides is 3. The minimum absolute atomic E-state index is 0.0306. The van der Waals surface area contributed by atoms with Gasteiger partial charge in [-0.3, -0.25) is 14.7 Å². The number of rotatable bonds is 19. The van der Waals surface area contributed by atoms with Gasteiger partial charge >= 0.3 is 12.2 Å². The van der Waals surface area contributed by atoms with Crippen LogP contribution in [0.4, 0.5) is 35.2 Å². The van der Waals surface area contributed by atoms with Gasteiger partial charge in [-0.05, 0) is 24.6 Å². The Labute approximate surface area is 279 Å². The third kappa shape index (κ3) is 11.5. The molecule has 47 heavy (non-hydrogen) atoms. The zero-order chi connectivity index (χ0) is 34.5. The maximum Gasteiger partial charge on any atom is 0.415 e. The monoisotopic (exact) mass is 695 g/mol. The van der Waals surface area contributed by atoms with E-state index in [0.29, 0.717) is 6.42 Å². The Morgan fingerprint density at radius 2 is 1.51 bits per heavy atom. The van der Waals surface area contributed by atoms with Crippen LogP contribution in [0.2, 0.25) is 5.02 Å². The molecule has 10 nitrogen and oxygen atoms in total. The largest absolute Gasteiger partial charge is 0.415 e. The zero-order valence-corrected chi connectivity index (χ0v) is 28.1. The summed E-state index contributed by atoms with van der Waals surface area (Å²) in [5, 5.41) is 27.5. The predicted octanol–water partition coefficient (Wildman–Crippen LogP) is 9.13. The average molecular weight is 696 g/mol. The Morgan fingerprint density at radius 3 is 2.04 bits per heavy atom. The number of benzene rings is 1. The number of nitriles is 2. The number of halogens is 4. The van der Waals surface area contributed by atoms with Gasteiger partial charge in [0.05, 0.1) is 45.5 Å². The normalized spacial score (nSPS) is 12.8. The first-order chi connectivity index (χ1) is 22.4. The Kier molecular flexibility index (Phi) is 14.4. The number of nitrogens with zero attached hydrogens (tertiary/aromatic N) is 4. The standard InChI is InChI=1S/C32H41ClF3N7O3S/c1-2-3-4-5-6-7-8-9-10-11-12-13-14-15-18-47(45,46)42-23-16-17-27(33)28(19-23)39-31(44)40-30-25(21-38)29-24(20-37)26(32(34,35)36)22-43(29)41-30/h16-17,19,42H,2-15,18,22H2,1H3,(H2,39,40,41,44). The van der Waals surface area contributed by atoms with E-state index in [9.17, 15) is 36.9 Å². The first kappa shape index (κ1) is 37.7. The van der Waals surface area contributed by atoms with Crippen LogP contribution in [0.5, 0.6) is 0 Å². The molecule has 3 rings (SSSR count). The topological polar surface area (TPSA) is 153 Å². The molecule has 1 aliphatic rings. The van der Waals surface area contributed by atoms with Crippen molar-refractivity contribution in [3.8, 4) is 12.1 Å². The Hall–Kier alpha value is -3.75. The van der Waals surface area contributed by atoms with Crippen molar-refractivity contribution in [1.82, 2.24) is 9.78 Å². The predicted molar refractivity (Wildman–Crippen MR) is 177 cm³/mol. The number of carbonyl (C=O) groups excluding carboxylic acids is 1. The van der Waals surface area contributed by atoms with Crippen molar-refractivity contribution in [1.29, 1.82) is 10.5 Å². The van der Waals surface area contributed by atoms with Gasteiger partial charge in [0.2, 0.25) is 10.0 Å². The van der Waals surface area contributed by atoms with E-state index in [2.05, 4.69) is 27.4 Å². The number of nitrogens with one attached hydrogen (secondary N) is 3. The lowest BCUT2D eigenvalue weighted by Gasteiger charge is -2.12. The second-order valence-corrected chi connectivity index (χ2v) is 13.8. The van der Waals surface area contributed by atoms with Gasteiger partial charge in [-0.2, -0.15) is 28.8 Å². The summed E-state index contributed by atoms with van der Waals surface area (Å²) in [6.07, 6.45) is 11.4. The van der Waals surface area contributed by atoms with Crippen LogP contribution in [-0.4, -0.2) is 36.2 Å². The molecule has 1 aliphatic heterocycles. The van der Waals surface area contributed by atoms with E-state index in [-0.39, 0.29) is 33.7 Å². The molecule has 0 spiro atoms. The number of hydrogen-bond donors (Lipinski definition) is 3. The SMILES string of the molecule is CCCCCCCCCCCCCCCCS(=O)(=O)Nc1ccc(Cl)c(NC(=O)Nc2nn3c(c2C#N)C(C#N)=C(C(F)(F)F)C3)c1. The molecule has 0 bridgehead atoms. The Bertz CT molecular complexity index is 1610. The van der Waals surface area contributed by atoms with Crippen LogP contribution in [0, 0.1) is 22.7 Å². The number of hydrogen-bond acceptors (Lipinski definition) is 6. The quantitative estimate of drug-likeness (QED) is 0.125. The maximum atomic E-state index is 13.3. The van der Waals surface area contributed by atoms with Crippen LogP contribution >= 0.6 is 11.6 Å². The van der Waals surface area contributed by atoms with Gasteiger partial charge in [-0.25, -0.2) is 13.2 Å². The number of fused-ring (bicyclic) bond motifs is 1. The Balaban J connectivity index is 1.45. The van der Waals surface area contributed by atoms with Gasteiger partial charge in [0.15, 0.2) is 5.82 Å². The van der Waals surface area contributed by atoms with Crippen molar-refractivity contribution < 1.29 is 26.4 Å². The number of allylic oxidation sites excluding steroid dienone is 2. The zero-order valence-electron chi connectivity index (χ0n) is 26.5. The van der Waals surface area contributed by atoms with Crippen molar-refractivity contribution in [3.05, 3.63) is 40.1 Å². The van der Waals surface area contributed by atoms with E-state index in [0.717, 1.165) is 30.4 Å². The molecule has 3 N–H and O–H groups in total. The van der Waals surface area contributed by atoms with Gasteiger partial charge in [0, 0.05) is 0 Å². The van der Waals surface area contributed by atoms with Gasteiger partial charge in [-0.1, -0.05) is 102 Å². The van der Waals surface area contributed by atoms with Gasteiger partial charge in [0.1, 0.15) is 17.7 Å². The maximum absolute atomic E-state index is 13.3. The molecule has 256 valence electrons. The summed E-state index contributed by atoms with van der Waals surface area (Å²) in [4.78, 5) is 12.7. The van der Waals surface area contributed by atoms with Crippen LogP contribution in [0.15, 0.2) is 23.8 Å². The third-order valence-corrected chi connectivity index (χ3v) is 9.55. The van der Waals surface area contributed by atoms with E-state index in [1.165, 1.54) is 82.1 Å². The van der Waals surface area contributed by atoms with E-state index in [1.54, 1.807) is 6.07 Å². The lowest BCUT2D eigenvalue weighted by molar-refractivity contribution is -0.0935. The van der Waals surface area contributed by atoms with Gasteiger partial charge in [0.25, 0.3) is 0 Å². The second-order valence-electron chi connectivity index (χ2n) is 11.6. The van der Waals surface area contributed by atoms with Crippen molar-refractivity contribution >= 4 is 50.4 Å². The van der Waals surface area contributed by atoms with Crippen molar-refractivity contribution in [2.24, 2.45) is 0 Å². The number of urea groups is 1. The molecule has 0 radical (unpaired) electrons. The summed E-state index contributed by atoms with van der Waals surface area (Å²) in [7, 11) is -3.67. The van der Waals surface area contributed by atoms with Crippen molar-refractivity contribution in [2.45, 2.75) is 110 Å². The van der Waals surface area contributed by atoms with E-state index in [1.807, 2.05) is 0 Å². The average Bonchev–Trinajstić information content (AvgIpc) is 3.54. The lowest BCUT2D eigenvalue weighted by Crippen LogP contribution is -2.21. The van der Waals surface area contributed by atoms with E-state index in [4.69, 9.17) is 11.6 Å². The van der Waals surface area contributed by atoms with Crippen molar-refractivity contribution in [3.63, 3.8) is 0 Å². The molecule has 1 aromatic heterocycles. The highest BCUT2D eigenvalue weighted by Crippen LogP contribution is 2.40. The highest BCUT2D eigenvalue weighted by atomic mass is 35.5. The number of amides is 2. The van der Waals surface area contributed by atoms with Crippen LogP contribution < -0.4 is 15.4 Å². The molecule has 15 heteroatoms. The molecule has 0 saturated carbocycles. The first-order valence-corrected chi connectivity index (χ1v) is 18.0. The first-order valence-electron chi connectivity index (χ1n) is 16.0. The smallest absolute Gasteiger partial charge is 0.306 e. The van der Waals surface area contributed by atoms with E-state index < -0.39 is 45.5 Å². The highest BCUT2D eigenvalue weighted by Gasteiger charge is 2.43. The summed E-state index contributed by atoms with van der Waals surface area (Å²) in [6.45, 7) is 1.44. The van der Waals surface area contributed by atoms with Crippen LogP contribution in [0.25, 0.3) is 5.57 Å². The molecule has 0 atom stereocenters. The number of sulfonamides is 1. The summed E-state index contributed by atoms with van der Waals surface area (Å²) in [5.74, 6) is -0.413. The summed E-state index contributed by atoms with van der Waals surface area (Å²) >= 11 is 6.19. The summed E-state index contributed by atoms with van der Waals surface area (Å²) in [6, 6.07) is 6.36. The second kappa shape index (κ2) is 18.0. The molecule has 0 unspecified atom stereocenters. The van der Waals surface area contributed by atoms with Crippen LogP contribution in [-0.2, 0) is 16.6 Å². The van der Waals surface area contributed by atoms with Crippen LogP contribution in [0.3, 0.4) is 0 Å². The van der Waals surface area contributed by atoms with Gasteiger partial charge < -0.3 is 5.32 Å². The number of anilines is 3. The van der Waals surface area contributed by atoms with E-state index >= 15 is 0 Å².